The van der Waals surface area contributed by atoms with Crippen LogP contribution < -0.4 is 21.2 Å². The molecule has 0 aromatic heterocycles. The number of urea groups is 1. The number of rotatable bonds is 13. The highest BCUT2D eigenvalue weighted by Crippen LogP contribution is 2.19. The van der Waals surface area contributed by atoms with Gasteiger partial charge in [0.15, 0.2) is 6.29 Å². The number of carboxylic acid groups (broad SMARTS) is 1. The maximum absolute atomic E-state index is 13.0. The van der Waals surface area contributed by atoms with Crippen LogP contribution in [0.2, 0.25) is 0 Å². The zero-order chi connectivity index (χ0) is 25.1. The number of amides is 2. The summed E-state index contributed by atoms with van der Waals surface area (Å²) >= 11 is 0. The molecule has 2 amide bonds. The van der Waals surface area contributed by atoms with Crippen molar-refractivity contribution < 1.29 is 19.4 Å². The molecule has 0 saturated heterocycles. The fourth-order valence-electron chi connectivity index (χ4n) is 3.15. The lowest BCUT2D eigenvalue weighted by Crippen LogP contribution is -2.58. The Morgan fingerprint density at radius 1 is 1.09 bits per heavy atom. The second-order valence-electron chi connectivity index (χ2n) is 8.73. The van der Waals surface area contributed by atoms with Crippen LogP contribution in [0, 0.1) is 12.8 Å². The normalized spacial score (nSPS) is 11.9. The maximum Gasteiger partial charge on any atom is 0.320 e. The van der Waals surface area contributed by atoms with E-state index >= 15 is 0 Å². The zero-order valence-electron chi connectivity index (χ0n) is 20.5. The van der Waals surface area contributed by atoms with Crippen molar-refractivity contribution in [3.05, 3.63) is 59.7 Å². The van der Waals surface area contributed by atoms with Gasteiger partial charge in [-0.1, -0.05) is 43.7 Å². The Hall–Kier alpha value is -3.30. The summed E-state index contributed by atoms with van der Waals surface area (Å²) < 4.78 is 5.78. The fourth-order valence-corrected chi connectivity index (χ4v) is 3.15. The minimum atomic E-state index is -0.980. The van der Waals surface area contributed by atoms with Gasteiger partial charge < -0.3 is 20.5 Å². The number of carbonyl (C=O) groups excluding carboxylic acids is 1. The molecule has 34 heavy (non-hydrogen) atoms. The molecule has 2 rings (SSSR count). The lowest BCUT2D eigenvalue weighted by Gasteiger charge is -2.36. The van der Waals surface area contributed by atoms with Crippen LogP contribution in [-0.2, 0) is 11.3 Å². The zero-order valence-corrected chi connectivity index (χ0v) is 20.5. The number of nitrogens with one attached hydrogen (secondary N) is 2. The number of nitrogens with zero attached hydrogens (tertiary/aromatic N) is 2. The topological polar surface area (TPSA) is 120 Å². The molecule has 1 atom stereocenters. The molecule has 0 radical (unpaired) electrons. The number of aliphatic carboxylic acids is 1. The van der Waals surface area contributed by atoms with Gasteiger partial charge in [-0.15, -0.1) is 0 Å². The molecule has 0 aliphatic heterocycles. The molecule has 0 aliphatic rings. The lowest BCUT2D eigenvalue weighted by molar-refractivity contribution is -0.136. The molecule has 0 spiro atoms. The standard InChI is InChI=1S/C25H37N5O4/c1-18(2)14-16-34-22-11-9-21(10-12-22)28-24(29(4)26)30(25(33)27-15-13-23(31)32)17-20-7-5-19(3)6-8-20/h5-12,18,24,28H,13-17,26H2,1-4H3,(H,27,33)(H,31,32). The van der Waals surface area contributed by atoms with Crippen LogP contribution in [0.1, 0.15) is 37.8 Å². The summed E-state index contributed by atoms with van der Waals surface area (Å²) in [5.74, 6) is 6.49. The van der Waals surface area contributed by atoms with E-state index in [1.807, 2.05) is 55.5 Å². The minimum absolute atomic E-state index is 0.0159. The van der Waals surface area contributed by atoms with E-state index in [0.29, 0.717) is 12.5 Å². The fraction of sp³-hybridized carbons (Fsp3) is 0.440. The Labute approximate surface area is 201 Å². The van der Waals surface area contributed by atoms with Crippen molar-refractivity contribution >= 4 is 17.7 Å². The molecule has 0 heterocycles. The summed E-state index contributed by atoms with van der Waals surface area (Å²) in [6, 6.07) is 14.9. The SMILES string of the molecule is Cc1ccc(CN(C(=O)NCCC(=O)O)C(Nc2ccc(OCCC(C)C)cc2)N(C)N)cc1. The molecule has 5 N–H and O–H groups in total. The van der Waals surface area contributed by atoms with Crippen LogP contribution >= 0.6 is 0 Å². The molecule has 2 aromatic rings. The van der Waals surface area contributed by atoms with Gasteiger partial charge in [0.05, 0.1) is 19.6 Å². The molecule has 9 nitrogen and oxygen atoms in total. The van der Waals surface area contributed by atoms with Gasteiger partial charge in [0.2, 0.25) is 0 Å². The predicted octanol–water partition coefficient (Wildman–Crippen LogP) is 3.61. The van der Waals surface area contributed by atoms with E-state index in [0.717, 1.165) is 29.0 Å². The van der Waals surface area contributed by atoms with Gasteiger partial charge in [0, 0.05) is 19.3 Å². The largest absolute Gasteiger partial charge is 0.494 e. The summed E-state index contributed by atoms with van der Waals surface area (Å²) in [4.78, 5) is 25.4. The van der Waals surface area contributed by atoms with Gasteiger partial charge in [-0.25, -0.2) is 9.80 Å². The van der Waals surface area contributed by atoms with E-state index < -0.39 is 18.3 Å². The minimum Gasteiger partial charge on any atom is -0.494 e. The predicted molar refractivity (Wildman–Crippen MR) is 133 cm³/mol. The number of nitrogens with two attached hydrogens (primary N) is 1. The molecule has 9 heteroatoms. The van der Waals surface area contributed by atoms with E-state index in [9.17, 15) is 9.59 Å². The quantitative estimate of drug-likeness (QED) is 0.200. The van der Waals surface area contributed by atoms with Crippen molar-refractivity contribution in [1.29, 1.82) is 0 Å². The first-order chi connectivity index (χ1) is 16.2. The Morgan fingerprint density at radius 3 is 2.29 bits per heavy atom. The molecule has 0 saturated carbocycles. The van der Waals surface area contributed by atoms with E-state index in [2.05, 4.69) is 24.5 Å². The van der Waals surface area contributed by atoms with Gasteiger partial charge in [0.1, 0.15) is 5.75 Å². The van der Waals surface area contributed by atoms with E-state index in [4.69, 9.17) is 15.7 Å². The van der Waals surface area contributed by atoms with Gasteiger partial charge in [-0.2, -0.15) is 0 Å². The molecule has 186 valence electrons. The third-order valence-electron chi connectivity index (χ3n) is 5.14. The first kappa shape index (κ1) is 26.9. The monoisotopic (exact) mass is 471 g/mol. The highest BCUT2D eigenvalue weighted by Gasteiger charge is 2.26. The second kappa shape index (κ2) is 13.4. The van der Waals surface area contributed by atoms with Crippen LogP contribution in [-0.4, -0.2) is 53.5 Å². The molecule has 0 bridgehead atoms. The molecule has 2 aromatic carbocycles. The Bertz CT molecular complexity index is 901. The number of ether oxygens (including phenoxy) is 1. The second-order valence-corrected chi connectivity index (χ2v) is 8.73. The Kier molecular flexibility index (Phi) is 10.6. The molecule has 1 unspecified atom stereocenters. The number of carboxylic acids is 1. The van der Waals surface area contributed by atoms with Crippen LogP contribution in [0.4, 0.5) is 10.5 Å². The number of aryl methyl sites for hydroxylation is 1. The van der Waals surface area contributed by atoms with E-state index in [-0.39, 0.29) is 19.5 Å². The lowest BCUT2D eigenvalue weighted by atomic mass is 10.1. The summed E-state index contributed by atoms with van der Waals surface area (Å²) in [6.07, 6.45) is 0.114. The van der Waals surface area contributed by atoms with Crippen LogP contribution in [0.25, 0.3) is 0 Å². The summed E-state index contributed by atoms with van der Waals surface area (Å²) in [5, 5.41) is 16.3. The Balaban J connectivity index is 2.17. The van der Waals surface area contributed by atoms with Crippen molar-refractivity contribution in [2.24, 2.45) is 11.8 Å². The number of benzene rings is 2. The first-order valence-electron chi connectivity index (χ1n) is 11.4. The van der Waals surface area contributed by atoms with Crippen LogP contribution in [0.15, 0.2) is 48.5 Å². The van der Waals surface area contributed by atoms with Gasteiger partial charge in [-0.3, -0.25) is 15.5 Å². The Morgan fingerprint density at radius 2 is 1.74 bits per heavy atom. The van der Waals surface area contributed by atoms with Crippen molar-refractivity contribution in [3.8, 4) is 5.75 Å². The number of hydrazine groups is 1. The van der Waals surface area contributed by atoms with Gasteiger partial charge in [-0.05, 0) is 49.1 Å². The average Bonchev–Trinajstić information content (AvgIpc) is 2.77. The van der Waals surface area contributed by atoms with Gasteiger partial charge in [0.25, 0.3) is 0 Å². The maximum atomic E-state index is 13.0. The van der Waals surface area contributed by atoms with E-state index in [1.54, 1.807) is 7.05 Å². The van der Waals surface area contributed by atoms with Crippen LogP contribution in [0.5, 0.6) is 5.75 Å². The average molecular weight is 472 g/mol. The highest BCUT2D eigenvalue weighted by atomic mass is 16.5. The van der Waals surface area contributed by atoms with Crippen molar-refractivity contribution in [2.75, 3.05) is 25.5 Å². The van der Waals surface area contributed by atoms with Crippen LogP contribution in [0.3, 0.4) is 0 Å². The molecular formula is C25H37N5O4. The first-order valence-corrected chi connectivity index (χ1v) is 11.4. The number of anilines is 1. The van der Waals surface area contributed by atoms with Crippen molar-refractivity contribution in [2.45, 2.75) is 46.4 Å². The summed E-state index contributed by atoms with van der Waals surface area (Å²) in [6.45, 7) is 7.24. The molecule has 0 aliphatic carbocycles. The summed E-state index contributed by atoms with van der Waals surface area (Å²) in [7, 11) is 1.66. The number of hydrogen-bond acceptors (Lipinski definition) is 6. The highest BCUT2D eigenvalue weighted by molar-refractivity contribution is 5.76. The number of carbonyl (C=O) groups is 2. The van der Waals surface area contributed by atoms with Crippen molar-refractivity contribution in [3.63, 3.8) is 0 Å². The smallest absolute Gasteiger partial charge is 0.320 e. The third-order valence-corrected chi connectivity index (χ3v) is 5.14. The molecular weight excluding hydrogens is 434 g/mol. The summed E-state index contributed by atoms with van der Waals surface area (Å²) in [5.41, 5.74) is 2.79. The third kappa shape index (κ3) is 9.29. The van der Waals surface area contributed by atoms with Crippen molar-refractivity contribution in [1.82, 2.24) is 15.2 Å². The number of hydrogen-bond donors (Lipinski definition) is 4. The van der Waals surface area contributed by atoms with E-state index in [1.165, 1.54) is 9.91 Å². The molecule has 0 fully saturated rings. The van der Waals surface area contributed by atoms with Gasteiger partial charge >= 0.3 is 12.0 Å².